The highest BCUT2D eigenvalue weighted by Crippen LogP contribution is 2.25. The number of hydrogen-bond acceptors (Lipinski definition) is 4. The predicted octanol–water partition coefficient (Wildman–Crippen LogP) is 2.61. The molecule has 4 nitrogen and oxygen atoms in total. The topological polar surface area (TPSA) is 65.5 Å². The Bertz CT molecular complexity index is 557. The van der Waals surface area contributed by atoms with Crippen LogP contribution in [0.2, 0.25) is 0 Å². The Morgan fingerprint density at radius 3 is 2.83 bits per heavy atom. The molecule has 2 rings (SSSR count). The van der Waals surface area contributed by atoms with Crippen LogP contribution in [0.25, 0.3) is 11.0 Å². The standard InChI is InChI=1S/C14H17NO3/c1-9(2)14(16)13-8-10-7-11(17-6-5-15)3-4-12(10)18-13/h3-4,7-9H,5-6,15H2,1-2H3. The van der Waals surface area contributed by atoms with Crippen LogP contribution in [0.5, 0.6) is 5.75 Å². The van der Waals surface area contributed by atoms with Gasteiger partial charge in [-0.1, -0.05) is 13.8 Å². The van der Waals surface area contributed by atoms with E-state index in [0.29, 0.717) is 24.5 Å². The number of fused-ring (bicyclic) bond motifs is 1. The van der Waals surface area contributed by atoms with Crippen LogP contribution in [-0.2, 0) is 0 Å². The molecule has 0 atom stereocenters. The molecule has 0 bridgehead atoms. The van der Waals surface area contributed by atoms with Crippen LogP contribution in [0.3, 0.4) is 0 Å². The molecule has 0 unspecified atom stereocenters. The first-order chi connectivity index (χ1) is 8.61. The molecular weight excluding hydrogens is 230 g/mol. The summed E-state index contributed by atoms with van der Waals surface area (Å²) in [4.78, 5) is 11.8. The van der Waals surface area contributed by atoms with E-state index >= 15 is 0 Å². The van der Waals surface area contributed by atoms with Crippen LogP contribution >= 0.6 is 0 Å². The molecule has 0 aliphatic carbocycles. The van der Waals surface area contributed by atoms with Gasteiger partial charge in [-0.15, -0.1) is 0 Å². The molecular formula is C14H17NO3. The number of ketones is 1. The Balaban J connectivity index is 2.31. The number of carbonyl (C=O) groups excluding carboxylic acids is 1. The van der Waals surface area contributed by atoms with Crippen molar-refractivity contribution in [3.63, 3.8) is 0 Å². The first-order valence-corrected chi connectivity index (χ1v) is 6.02. The van der Waals surface area contributed by atoms with Gasteiger partial charge in [0.15, 0.2) is 5.76 Å². The molecule has 4 heteroatoms. The highest BCUT2D eigenvalue weighted by atomic mass is 16.5. The molecule has 0 fully saturated rings. The summed E-state index contributed by atoms with van der Waals surface area (Å²) in [5.41, 5.74) is 6.07. The Kier molecular flexibility index (Phi) is 3.67. The van der Waals surface area contributed by atoms with Crippen LogP contribution < -0.4 is 10.5 Å². The lowest BCUT2D eigenvalue weighted by atomic mass is 10.1. The third kappa shape index (κ3) is 2.54. The summed E-state index contributed by atoms with van der Waals surface area (Å²) < 4.78 is 10.9. The minimum atomic E-state index is -0.0708. The van der Waals surface area contributed by atoms with Gasteiger partial charge in [-0.3, -0.25) is 4.79 Å². The number of carbonyl (C=O) groups is 1. The quantitative estimate of drug-likeness (QED) is 0.825. The van der Waals surface area contributed by atoms with E-state index in [2.05, 4.69) is 0 Å². The second kappa shape index (κ2) is 5.23. The van der Waals surface area contributed by atoms with Gasteiger partial charge in [0.05, 0.1) is 0 Å². The maximum Gasteiger partial charge on any atom is 0.200 e. The van der Waals surface area contributed by atoms with Crippen molar-refractivity contribution >= 4 is 16.8 Å². The minimum Gasteiger partial charge on any atom is -0.492 e. The maximum atomic E-state index is 11.8. The summed E-state index contributed by atoms with van der Waals surface area (Å²) in [5.74, 6) is 1.07. The predicted molar refractivity (Wildman–Crippen MR) is 69.9 cm³/mol. The number of nitrogens with two attached hydrogens (primary N) is 1. The lowest BCUT2D eigenvalue weighted by molar-refractivity contribution is 0.0913. The normalized spacial score (nSPS) is 11.1. The maximum absolute atomic E-state index is 11.8. The average Bonchev–Trinajstić information content (AvgIpc) is 2.77. The fraction of sp³-hybridized carbons (Fsp3) is 0.357. The molecule has 0 saturated carbocycles. The van der Waals surface area contributed by atoms with E-state index in [1.807, 2.05) is 26.0 Å². The van der Waals surface area contributed by atoms with Crippen LogP contribution in [0.4, 0.5) is 0 Å². The van der Waals surface area contributed by atoms with E-state index < -0.39 is 0 Å². The van der Waals surface area contributed by atoms with E-state index in [1.54, 1.807) is 12.1 Å². The molecule has 2 N–H and O–H groups in total. The van der Waals surface area contributed by atoms with Crippen molar-refractivity contribution in [1.82, 2.24) is 0 Å². The molecule has 0 aliphatic heterocycles. The summed E-state index contributed by atoms with van der Waals surface area (Å²) in [6, 6.07) is 7.22. The monoisotopic (exact) mass is 247 g/mol. The molecule has 0 spiro atoms. The van der Waals surface area contributed by atoms with E-state index in [9.17, 15) is 4.79 Å². The number of benzene rings is 1. The van der Waals surface area contributed by atoms with Crippen LogP contribution in [0.15, 0.2) is 28.7 Å². The average molecular weight is 247 g/mol. The van der Waals surface area contributed by atoms with Gasteiger partial charge >= 0.3 is 0 Å². The van der Waals surface area contributed by atoms with Crippen molar-refractivity contribution in [2.24, 2.45) is 11.7 Å². The zero-order valence-corrected chi connectivity index (χ0v) is 10.6. The molecule has 0 saturated heterocycles. The highest BCUT2D eigenvalue weighted by molar-refractivity contribution is 5.98. The van der Waals surface area contributed by atoms with Crippen LogP contribution in [0.1, 0.15) is 24.4 Å². The molecule has 0 amide bonds. The molecule has 1 aromatic heterocycles. The number of ether oxygens (including phenoxy) is 1. The summed E-state index contributed by atoms with van der Waals surface area (Å²) in [7, 11) is 0. The van der Waals surface area contributed by atoms with Crippen LogP contribution in [0, 0.1) is 5.92 Å². The van der Waals surface area contributed by atoms with E-state index in [-0.39, 0.29) is 11.7 Å². The van der Waals surface area contributed by atoms with Gasteiger partial charge < -0.3 is 14.9 Å². The van der Waals surface area contributed by atoms with E-state index in [1.165, 1.54) is 0 Å². The van der Waals surface area contributed by atoms with Gasteiger partial charge in [0.25, 0.3) is 0 Å². The Morgan fingerprint density at radius 2 is 2.17 bits per heavy atom. The van der Waals surface area contributed by atoms with Gasteiger partial charge in [0, 0.05) is 17.8 Å². The fourth-order valence-corrected chi connectivity index (χ4v) is 1.69. The summed E-state index contributed by atoms with van der Waals surface area (Å²) >= 11 is 0. The van der Waals surface area contributed by atoms with Crippen molar-refractivity contribution in [2.75, 3.05) is 13.2 Å². The molecule has 2 aromatic rings. The van der Waals surface area contributed by atoms with Gasteiger partial charge in [-0.25, -0.2) is 0 Å². The van der Waals surface area contributed by atoms with Gasteiger partial charge in [-0.05, 0) is 24.3 Å². The molecule has 0 radical (unpaired) electrons. The number of rotatable bonds is 5. The van der Waals surface area contributed by atoms with Gasteiger partial charge in [0.2, 0.25) is 5.78 Å². The molecule has 0 aliphatic rings. The summed E-state index contributed by atoms with van der Waals surface area (Å²) in [5, 5.41) is 0.869. The van der Waals surface area contributed by atoms with Crippen molar-refractivity contribution in [1.29, 1.82) is 0 Å². The second-order valence-corrected chi connectivity index (χ2v) is 4.47. The number of Topliss-reactive ketones (excluding diaryl/α,β-unsaturated/α-hetero) is 1. The Morgan fingerprint density at radius 1 is 1.39 bits per heavy atom. The lowest BCUT2D eigenvalue weighted by Gasteiger charge is -2.02. The first kappa shape index (κ1) is 12.6. The van der Waals surface area contributed by atoms with Crippen molar-refractivity contribution in [2.45, 2.75) is 13.8 Å². The zero-order valence-electron chi connectivity index (χ0n) is 10.6. The molecule has 1 heterocycles. The zero-order chi connectivity index (χ0) is 13.1. The highest BCUT2D eigenvalue weighted by Gasteiger charge is 2.15. The molecule has 96 valence electrons. The van der Waals surface area contributed by atoms with E-state index in [0.717, 1.165) is 11.1 Å². The van der Waals surface area contributed by atoms with E-state index in [4.69, 9.17) is 14.9 Å². The number of hydrogen-bond donors (Lipinski definition) is 1. The molecule has 18 heavy (non-hydrogen) atoms. The summed E-state index contributed by atoms with van der Waals surface area (Å²) in [6.07, 6.45) is 0. The van der Waals surface area contributed by atoms with Crippen molar-refractivity contribution in [3.05, 3.63) is 30.0 Å². The molecule has 1 aromatic carbocycles. The lowest BCUT2D eigenvalue weighted by Crippen LogP contribution is -2.10. The second-order valence-electron chi connectivity index (χ2n) is 4.47. The fourth-order valence-electron chi connectivity index (χ4n) is 1.69. The summed E-state index contributed by atoms with van der Waals surface area (Å²) in [6.45, 7) is 4.65. The first-order valence-electron chi connectivity index (χ1n) is 6.02. The smallest absolute Gasteiger partial charge is 0.200 e. The SMILES string of the molecule is CC(C)C(=O)c1cc2cc(OCCN)ccc2o1. The number of furan rings is 1. The van der Waals surface area contributed by atoms with Crippen molar-refractivity contribution < 1.29 is 13.9 Å². The third-order valence-corrected chi connectivity index (χ3v) is 2.64. The Labute approximate surface area is 106 Å². The minimum absolute atomic E-state index is 0.00984. The third-order valence-electron chi connectivity index (χ3n) is 2.64. The van der Waals surface area contributed by atoms with Crippen molar-refractivity contribution in [3.8, 4) is 5.75 Å². The van der Waals surface area contributed by atoms with Crippen LogP contribution in [-0.4, -0.2) is 18.9 Å². The van der Waals surface area contributed by atoms with Gasteiger partial charge in [-0.2, -0.15) is 0 Å². The Hall–Kier alpha value is -1.81. The largest absolute Gasteiger partial charge is 0.492 e. The van der Waals surface area contributed by atoms with Gasteiger partial charge in [0.1, 0.15) is 17.9 Å².